The van der Waals surface area contributed by atoms with E-state index in [-0.39, 0.29) is 24.5 Å². The van der Waals surface area contributed by atoms with Crippen LogP contribution in [0.1, 0.15) is 12.0 Å². The number of nitrogens with zero attached hydrogens (tertiary/aromatic N) is 1. The minimum Gasteiger partial charge on any atom is -0.389 e. The van der Waals surface area contributed by atoms with E-state index >= 15 is 0 Å². The molecule has 6 nitrogen and oxygen atoms in total. The van der Waals surface area contributed by atoms with E-state index < -0.39 is 21.7 Å². The second kappa shape index (κ2) is 8.90. The lowest BCUT2D eigenvalue weighted by Crippen LogP contribution is -2.50. The molecule has 3 N–H and O–H groups in total. The number of rotatable bonds is 8. The number of aryl methyl sites for hydroxylation is 1. The first-order chi connectivity index (χ1) is 13.3. The van der Waals surface area contributed by atoms with Crippen LogP contribution in [0.3, 0.4) is 0 Å². The van der Waals surface area contributed by atoms with Crippen LogP contribution < -0.4 is 5.32 Å². The summed E-state index contributed by atoms with van der Waals surface area (Å²) in [6.07, 6.45) is 0.450. The van der Waals surface area contributed by atoms with Gasteiger partial charge in [-0.2, -0.15) is 4.31 Å². The number of nitrogens with one attached hydrogen (secondary N) is 1. The van der Waals surface area contributed by atoms with Gasteiger partial charge in [0.2, 0.25) is 10.0 Å². The zero-order chi connectivity index (χ0) is 20.2. The Morgan fingerprint density at radius 3 is 2.54 bits per heavy atom. The van der Waals surface area contributed by atoms with E-state index in [0.29, 0.717) is 6.54 Å². The predicted molar refractivity (Wildman–Crippen MR) is 109 cm³/mol. The molecular weight excluding hydrogens is 400 g/mol. The average Bonchev–Trinajstić information content (AvgIpc) is 2.99. The van der Waals surface area contributed by atoms with Crippen molar-refractivity contribution in [2.75, 3.05) is 26.2 Å². The summed E-state index contributed by atoms with van der Waals surface area (Å²) in [4.78, 5) is 0.152. The Hall–Kier alpha value is -1.48. The Kier molecular flexibility index (Phi) is 6.75. The number of halogens is 1. The highest BCUT2D eigenvalue weighted by molar-refractivity contribution is 7.89. The average molecular weight is 425 g/mol. The molecule has 2 atom stereocenters. The number of hydrogen-bond donors (Lipinski definition) is 3. The lowest BCUT2D eigenvalue weighted by Gasteiger charge is -2.26. The van der Waals surface area contributed by atoms with Gasteiger partial charge in [0.15, 0.2) is 0 Å². The van der Waals surface area contributed by atoms with Crippen molar-refractivity contribution < 1.29 is 18.6 Å². The highest BCUT2D eigenvalue weighted by Gasteiger charge is 2.48. The van der Waals surface area contributed by atoms with Crippen molar-refractivity contribution in [2.45, 2.75) is 29.4 Å². The van der Waals surface area contributed by atoms with E-state index in [1.165, 1.54) is 12.1 Å². The van der Waals surface area contributed by atoms with Gasteiger partial charge in [0.1, 0.15) is 5.60 Å². The summed E-state index contributed by atoms with van der Waals surface area (Å²) in [5.41, 5.74) is -0.461. The first-order valence-electron chi connectivity index (χ1n) is 9.23. The molecule has 0 aliphatic carbocycles. The van der Waals surface area contributed by atoms with Crippen LogP contribution in [-0.4, -0.2) is 60.8 Å². The van der Waals surface area contributed by atoms with E-state index in [0.717, 1.165) is 27.7 Å². The number of aliphatic hydroxyl groups is 2. The van der Waals surface area contributed by atoms with Gasteiger partial charge >= 0.3 is 0 Å². The molecule has 0 bridgehead atoms. The number of aliphatic hydroxyl groups excluding tert-OH is 1. The summed E-state index contributed by atoms with van der Waals surface area (Å²) in [6.45, 7) is 0.446. The molecule has 8 heteroatoms. The summed E-state index contributed by atoms with van der Waals surface area (Å²) in [7, 11) is -3.75. The van der Waals surface area contributed by atoms with Crippen LogP contribution in [-0.2, 0) is 16.4 Å². The third-order valence-electron chi connectivity index (χ3n) is 5.02. The normalized spacial score (nSPS) is 23.2. The number of benzene rings is 2. The molecule has 1 saturated heterocycles. The van der Waals surface area contributed by atoms with Crippen LogP contribution >= 0.6 is 11.6 Å². The zero-order valence-electron chi connectivity index (χ0n) is 15.5. The molecule has 28 heavy (non-hydrogen) atoms. The summed E-state index contributed by atoms with van der Waals surface area (Å²) in [5, 5.41) is 24.9. The van der Waals surface area contributed by atoms with Gasteiger partial charge in [-0.1, -0.05) is 48.0 Å². The van der Waals surface area contributed by atoms with Crippen LogP contribution in [0.4, 0.5) is 0 Å². The number of β-amino-alcohol motifs (C(OH)–C–C–N with tert-alkyl or cyclic N) is 2. The minimum atomic E-state index is -3.75. The van der Waals surface area contributed by atoms with Gasteiger partial charge in [-0.05, 0) is 43.1 Å². The molecule has 0 radical (unpaired) electrons. The lowest BCUT2D eigenvalue weighted by molar-refractivity contribution is -0.0381. The summed E-state index contributed by atoms with van der Waals surface area (Å²) in [5.74, 6) is 0. The molecule has 0 saturated carbocycles. The first kappa shape index (κ1) is 21.2. The molecule has 1 aliphatic rings. The second-order valence-corrected chi connectivity index (χ2v) is 9.45. The molecule has 1 heterocycles. The molecule has 0 amide bonds. The molecule has 0 unspecified atom stereocenters. The fourth-order valence-electron chi connectivity index (χ4n) is 3.35. The Balaban J connectivity index is 1.52. The molecule has 1 aliphatic heterocycles. The summed E-state index contributed by atoms with van der Waals surface area (Å²) < 4.78 is 26.5. The number of sulfonamides is 1. The molecule has 3 rings (SSSR count). The van der Waals surface area contributed by atoms with Gasteiger partial charge in [0, 0.05) is 24.7 Å². The molecule has 152 valence electrons. The van der Waals surface area contributed by atoms with Crippen molar-refractivity contribution in [1.82, 2.24) is 9.62 Å². The third kappa shape index (κ3) is 4.74. The van der Waals surface area contributed by atoms with Crippen molar-refractivity contribution in [3.05, 3.63) is 65.2 Å². The molecule has 0 aromatic heterocycles. The van der Waals surface area contributed by atoms with E-state index in [2.05, 4.69) is 5.32 Å². The van der Waals surface area contributed by atoms with Gasteiger partial charge in [-0.25, -0.2) is 8.42 Å². The Morgan fingerprint density at radius 1 is 1.14 bits per heavy atom. The third-order valence-corrected chi connectivity index (χ3v) is 7.21. The Morgan fingerprint density at radius 2 is 1.82 bits per heavy atom. The smallest absolute Gasteiger partial charge is 0.243 e. The first-order valence-corrected chi connectivity index (χ1v) is 11.0. The molecule has 1 fully saturated rings. The topological polar surface area (TPSA) is 89.9 Å². The summed E-state index contributed by atoms with van der Waals surface area (Å²) in [6, 6.07) is 15.7. The fraction of sp³-hybridized carbons (Fsp3) is 0.400. The van der Waals surface area contributed by atoms with E-state index in [4.69, 9.17) is 11.6 Å². The van der Waals surface area contributed by atoms with Crippen molar-refractivity contribution in [3.8, 4) is 0 Å². The maximum Gasteiger partial charge on any atom is 0.243 e. The monoisotopic (exact) mass is 424 g/mol. The van der Waals surface area contributed by atoms with Crippen molar-refractivity contribution >= 4 is 21.6 Å². The predicted octanol–water partition coefficient (Wildman–Crippen LogP) is 1.66. The van der Waals surface area contributed by atoms with Crippen LogP contribution in [0, 0.1) is 0 Å². The molecule has 2 aromatic carbocycles. The van der Waals surface area contributed by atoms with Crippen LogP contribution in [0.5, 0.6) is 0 Å². The Bertz CT molecular complexity index is 894. The van der Waals surface area contributed by atoms with Gasteiger partial charge in [-0.3, -0.25) is 0 Å². The van der Waals surface area contributed by atoms with Crippen LogP contribution in [0.15, 0.2) is 59.5 Å². The van der Waals surface area contributed by atoms with Gasteiger partial charge < -0.3 is 15.5 Å². The second-order valence-electron chi connectivity index (χ2n) is 7.10. The molecule has 2 aromatic rings. The maximum absolute atomic E-state index is 12.7. The SMILES string of the molecule is O=S(=O)(c1ccccc1)N1C[C@@H](O)[C@](O)(CNCCCc2ccccc2Cl)C1. The van der Waals surface area contributed by atoms with E-state index in [9.17, 15) is 18.6 Å². The van der Waals surface area contributed by atoms with E-state index in [1.807, 2.05) is 24.3 Å². The van der Waals surface area contributed by atoms with E-state index in [1.54, 1.807) is 18.2 Å². The zero-order valence-corrected chi connectivity index (χ0v) is 17.0. The standard InChI is InChI=1S/C20H25ClN2O4S/c21-18-11-5-4-7-16(18)8-6-12-22-14-20(25)15-23(13-19(20)24)28(26,27)17-9-2-1-3-10-17/h1-5,7,9-11,19,22,24-25H,6,8,12-15H2/t19-,20+/m1/s1. The highest BCUT2D eigenvalue weighted by atomic mass is 35.5. The van der Waals surface area contributed by atoms with Crippen molar-refractivity contribution in [3.63, 3.8) is 0 Å². The highest BCUT2D eigenvalue weighted by Crippen LogP contribution is 2.27. The quantitative estimate of drug-likeness (QED) is 0.561. The fourth-order valence-corrected chi connectivity index (χ4v) is 5.11. The van der Waals surface area contributed by atoms with Crippen molar-refractivity contribution in [2.24, 2.45) is 0 Å². The molecular formula is C20H25ClN2O4S. The minimum absolute atomic E-state index is 0.109. The van der Waals surface area contributed by atoms with Gasteiger partial charge in [0.25, 0.3) is 0 Å². The van der Waals surface area contributed by atoms with Crippen molar-refractivity contribution in [1.29, 1.82) is 0 Å². The lowest BCUT2D eigenvalue weighted by atomic mass is 10.0. The van der Waals surface area contributed by atoms with Crippen LogP contribution in [0.2, 0.25) is 5.02 Å². The van der Waals surface area contributed by atoms with Gasteiger partial charge in [-0.15, -0.1) is 0 Å². The summed E-state index contributed by atoms with van der Waals surface area (Å²) >= 11 is 6.14. The number of hydrogen-bond acceptors (Lipinski definition) is 5. The molecule has 0 spiro atoms. The maximum atomic E-state index is 12.7. The largest absolute Gasteiger partial charge is 0.389 e. The van der Waals surface area contributed by atoms with Crippen LogP contribution in [0.25, 0.3) is 0 Å². The van der Waals surface area contributed by atoms with Gasteiger partial charge in [0.05, 0.1) is 11.0 Å². The Labute approximate surface area is 170 Å².